The molecule has 1 saturated carbocycles. The lowest BCUT2D eigenvalue weighted by molar-refractivity contribution is 0.0199. The summed E-state index contributed by atoms with van der Waals surface area (Å²) in [6.07, 6.45) is 8.43. The number of hydrogen-bond donors (Lipinski definition) is 2. The standard InChI is InChI=1S/C25H37N7O4/c1-25(2,3)36-24(35)30-11-9-17(10-12-30)27-23(34)31-14-16(15-31)20-28-21-19(22(33)29-20)13-26-32(21)18-7-5-4-6-8-18/h13,16-18H,4-12,14-15H2,1-3H3,(H,27,34)(H,28,29,33). The number of H-pyrrole nitrogens is 1. The minimum absolute atomic E-state index is 0.00317. The molecule has 3 amide bonds. The molecule has 0 bridgehead atoms. The quantitative estimate of drug-likeness (QED) is 0.668. The van der Waals surface area contributed by atoms with Crippen LogP contribution in [0.25, 0.3) is 11.0 Å². The van der Waals surface area contributed by atoms with Crippen molar-refractivity contribution < 1.29 is 14.3 Å². The molecule has 5 rings (SSSR count). The fraction of sp³-hybridized carbons (Fsp3) is 0.720. The molecule has 196 valence electrons. The number of carbonyl (C=O) groups is 2. The van der Waals surface area contributed by atoms with E-state index in [1.54, 1.807) is 16.0 Å². The van der Waals surface area contributed by atoms with E-state index in [1.807, 2.05) is 25.5 Å². The predicted octanol–water partition coefficient (Wildman–Crippen LogP) is 3.13. The molecule has 4 heterocycles. The van der Waals surface area contributed by atoms with Gasteiger partial charge in [0.2, 0.25) is 0 Å². The zero-order valence-electron chi connectivity index (χ0n) is 21.5. The predicted molar refractivity (Wildman–Crippen MR) is 134 cm³/mol. The summed E-state index contributed by atoms with van der Waals surface area (Å²) in [4.78, 5) is 48.9. The Hall–Kier alpha value is -3.11. The number of aromatic nitrogens is 4. The Morgan fingerprint density at radius 3 is 2.42 bits per heavy atom. The largest absolute Gasteiger partial charge is 0.444 e. The number of amides is 3. The molecule has 11 heteroatoms. The van der Waals surface area contributed by atoms with E-state index in [9.17, 15) is 14.4 Å². The van der Waals surface area contributed by atoms with Crippen molar-refractivity contribution in [1.29, 1.82) is 0 Å². The van der Waals surface area contributed by atoms with Crippen LogP contribution in [0.4, 0.5) is 9.59 Å². The van der Waals surface area contributed by atoms with Gasteiger partial charge < -0.3 is 24.8 Å². The number of carbonyl (C=O) groups excluding carboxylic acids is 2. The zero-order valence-corrected chi connectivity index (χ0v) is 21.5. The molecule has 2 saturated heterocycles. The number of aromatic amines is 1. The summed E-state index contributed by atoms with van der Waals surface area (Å²) in [5.74, 6) is 0.622. The first kappa shape index (κ1) is 24.6. The topological polar surface area (TPSA) is 125 Å². The highest BCUT2D eigenvalue weighted by Crippen LogP contribution is 2.30. The van der Waals surface area contributed by atoms with Crippen LogP contribution in [0, 0.1) is 0 Å². The van der Waals surface area contributed by atoms with Crippen LogP contribution in [0.15, 0.2) is 11.0 Å². The molecule has 0 spiro atoms. The third-order valence-corrected chi connectivity index (χ3v) is 7.43. The van der Waals surface area contributed by atoms with Gasteiger partial charge in [0.1, 0.15) is 16.8 Å². The van der Waals surface area contributed by atoms with Gasteiger partial charge in [-0.05, 0) is 46.5 Å². The summed E-state index contributed by atoms with van der Waals surface area (Å²) in [6.45, 7) is 7.69. The van der Waals surface area contributed by atoms with E-state index in [0.717, 1.165) is 12.8 Å². The second-order valence-corrected chi connectivity index (χ2v) is 11.4. The van der Waals surface area contributed by atoms with E-state index in [1.165, 1.54) is 19.3 Å². The van der Waals surface area contributed by atoms with Crippen molar-refractivity contribution in [2.24, 2.45) is 0 Å². The third kappa shape index (κ3) is 5.19. The van der Waals surface area contributed by atoms with Crippen molar-refractivity contribution in [2.45, 2.75) is 89.3 Å². The number of likely N-dealkylation sites (tertiary alicyclic amines) is 2. The summed E-state index contributed by atoms with van der Waals surface area (Å²) >= 11 is 0. The first-order chi connectivity index (χ1) is 17.2. The Balaban J connectivity index is 1.15. The molecule has 2 aromatic heterocycles. The lowest BCUT2D eigenvalue weighted by atomic mass is 9.96. The highest BCUT2D eigenvalue weighted by atomic mass is 16.6. The van der Waals surface area contributed by atoms with Gasteiger partial charge >= 0.3 is 12.1 Å². The van der Waals surface area contributed by atoms with Crippen molar-refractivity contribution in [3.63, 3.8) is 0 Å². The number of piperidine rings is 1. The molecule has 2 aliphatic heterocycles. The van der Waals surface area contributed by atoms with Crippen molar-refractivity contribution >= 4 is 23.2 Å². The second kappa shape index (κ2) is 9.74. The molecule has 0 unspecified atom stereocenters. The maximum Gasteiger partial charge on any atom is 0.410 e. The Morgan fingerprint density at radius 1 is 1.06 bits per heavy atom. The number of nitrogens with zero attached hydrogens (tertiary/aromatic N) is 5. The van der Waals surface area contributed by atoms with Crippen LogP contribution < -0.4 is 10.9 Å². The first-order valence-electron chi connectivity index (χ1n) is 13.2. The van der Waals surface area contributed by atoms with Gasteiger partial charge in [-0.2, -0.15) is 5.10 Å². The van der Waals surface area contributed by atoms with Crippen LogP contribution in [0.2, 0.25) is 0 Å². The number of ether oxygens (including phenoxy) is 1. The summed E-state index contributed by atoms with van der Waals surface area (Å²) in [6, 6.07) is 0.204. The zero-order chi connectivity index (χ0) is 25.4. The molecule has 2 N–H and O–H groups in total. The maximum atomic E-state index is 12.8. The number of urea groups is 1. The minimum Gasteiger partial charge on any atom is -0.444 e. The van der Waals surface area contributed by atoms with E-state index in [0.29, 0.717) is 61.9 Å². The summed E-state index contributed by atoms with van der Waals surface area (Å²) < 4.78 is 7.37. The number of hydrogen-bond acceptors (Lipinski definition) is 6. The van der Waals surface area contributed by atoms with E-state index < -0.39 is 5.60 Å². The summed E-state index contributed by atoms with van der Waals surface area (Å²) in [5.41, 5.74) is -0.0352. The average Bonchev–Trinajstić information content (AvgIpc) is 3.23. The fourth-order valence-corrected chi connectivity index (χ4v) is 5.36. The van der Waals surface area contributed by atoms with Crippen molar-refractivity contribution in [3.05, 3.63) is 22.4 Å². The maximum absolute atomic E-state index is 12.8. The Morgan fingerprint density at radius 2 is 1.75 bits per heavy atom. The second-order valence-electron chi connectivity index (χ2n) is 11.4. The van der Waals surface area contributed by atoms with Crippen molar-refractivity contribution in [1.82, 2.24) is 34.9 Å². The van der Waals surface area contributed by atoms with Crippen LogP contribution in [-0.2, 0) is 4.74 Å². The van der Waals surface area contributed by atoms with Gasteiger partial charge in [0.05, 0.1) is 18.2 Å². The Labute approximate surface area is 210 Å². The normalized spacial score (nSPS) is 20.4. The van der Waals surface area contributed by atoms with Gasteiger partial charge in [-0.25, -0.2) is 19.3 Å². The lowest BCUT2D eigenvalue weighted by Gasteiger charge is -2.40. The molecular formula is C25H37N7O4. The van der Waals surface area contributed by atoms with Crippen molar-refractivity contribution in [3.8, 4) is 0 Å². The molecule has 1 aliphatic carbocycles. The number of fused-ring (bicyclic) bond motifs is 1. The Kier molecular flexibility index (Phi) is 6.65. The highest BCUT2D eigenvalue weighted by molar-refractivity contribution is 5.76. The molecule has 11 nitrogen and oxygen atoms in total. The molecular weight excluding hydrogens is 462 g/mol. The van der Waals surface area contributed by atoms with Gasteiger partial charge in [-0.3, -0.25) is 4.79 Å². The fourth-order valence-electron chi connectivity index (χ4n) is 5.36. The highest BCUT2D eigenvalue weighted by Gasteiger charge is 2.36. The minimum atomic E-state index is -0.519. The van der Waals surface area contributed by atoms with Crippen LogP contribution in [0.3, 0.4) is 0 Å². The molecule has 36 heavy (non-hydrogen) atoms. The smallest absolute Gasteiger partial charge is 0.410 e. The van der Waals surface area contributed by atoms with Crippen LogP contribution in [0.5, 0.6) is 0 Å². The molecule has 3 aliphatic rings. The molecule has 3 fully saturated rings. The summed E-state index contributed by atoms with van der Waals surface area (Å²) in [5, 5.41) is 8.11. The van der Waals surface area contributed by atoms with Crippen LogP contribution >= 0.6 is 0 Å². The SMILES string of the molecule is CC(C)(C)OC(=O)N1CCC(NC(=O)N2CC(c3nc4c(cnn4C4CCCCC4)c(=O)[nH]3)C2)CC1. The van der Waals surface area contributed by atoms with Crippen molar-refractivity contribution in [2.75, 3.05) is 26.2 Å². The monoisotopic (exact) mass is 499 g/mol. The molecule has 0 radical (unpaired) electrons. The lowest BCUT2D eigenvalue weighted by Crippen LogP contribution is -2.56. The number of rotatable bonds is 3. The average molecular weight is 500 g/mol. The third-order valence-electron chi connectivity index (χ3n) is 7.43. The first-order valence-corrected chi connectivity index (χ1v) is 13.2. The van der Waals surface area contributed by atoms with Gasteiger partial charge in [0.15, 0.2) is 5.65 Å². The van der Waals surface area contributed by atoms with Gasteiger partial charge in [0, 0.05) is 32.2 Å². The van der Waals surface area contributed by atoms with Gasteiger partial charge in [0.25, 0.3) is 5.56 Å². The van der Waals surface area contributed by atoms with Gasteiger partial charge in [-0.15, -0.1) is 0 Å². The van der Waals surface area contributed by atoms with Crippen LogP contribution in [0.1, 0.15) is 83.5 Å². The number of nitrogens with one attached hydrogen (secondary N) is 2. The van der Waals surface area contributed by atoms with E-state index in [2.05, 4.69) is 15.4 Å². The van der Waals surface area contributed by atoms with E-state index >= 15 is 0 Å². The molecule has 0 atom stereocenters. The molecule has 2 aromatic rings. The Bertz CT molecular complexity index is 1160. The molecule has 0 aromatic carbocycles. The van der Waals surface area contributed by atoms with E-state index in [4.69, 9.17) is 9.72 Å². The van der Waals surface area contributed by atoms with Gasteiger partial charge in [-0.1, -0.05) is 19.3 Å². The van der Waals surface area contributed by atoms with E-state index in [-0.39, 0.29) is 29.6 Å². The van der Waals surface area contributed by atoms with Crippen LogP contribution in [-0.4, -0.2) is 79.5 Å². The summed E-state index contributed by atoms with van der Waals surface area (Å²) in [7, 11) is 0.